The molecule has 2 aliphatic heterocycles. The van der Waals surface area contributed by atoms with Crippen molar-refractivity contribution < 1.29 is 18.9 Å². The summed E-state index contributed by atoms with van der Waals surface area (Å²) in [6.45, 7) is 3.45. The van der Waals surface area contributed by atoms with E-state index in [-0.39, 0.29) is 24.3 Å². The zero-order valence-corrected chi connectivity index (χ0v) is 19.1. The molecular weight excluding hydrogens is 422 g/mol. The number of para-hydroxylation sites is 1. The molecule has 3 amide bonds. The molecule has 174 valence electrons. The average molecular weight is 452 g/mol. The van der Waals surface area contributed by atoms with Crippen molar-refractivity contribution in [2.75, 3.05) is 11.4 Å². The van der Waals surface area contributed by atoms with Crippen LogP contribution in [0, 0.1) is 6.92 Å². The maximum Gasteiger partial charge on any atom is 0.258 e. The van der Waals surface area contributed by atoms with E-state index in [9.17, 15) is 14.4 Å². The Labute approximate surface area is 192 Å². The number of carbonyl (C=O) groups excluding carboxylic acids is 3. The molecule has 2 aromatic rings. The Morgan fingerprint density at radius 3 is 2.55 bits per heavy atom. The third-order valence-corrected chi connectivity index (χ3v) is 7.34. The van der Waals surface area contributed by atoms with Crippen LogP contribution in [0.1, 0.15) is 80.4 Å². The molecule has 9 nitrogen and oxygen atoms in total. The number of benzene rings is 1. The van der Waals surface area contributed by atoms with Crippen LogP contribution in [0.15, 0.2) is 28.8 Å². The van der Waals surface area contributed by atoms with Crippen molar-refractivity contribution >= 4 is 23.4 Å². The van der Waals surface area contributed by atoms with Gasteiger partial charge in [0.2, 0.25) is 17.7 Å². The molecule has 1 aromatic carbocycles. The Balaban J connectivity index is 1.45. The minimum absolute atomic E-state index is 0.0367. The number of aromatic nitrogens is 2. The highest BCUT2D eigenvalue weighted by atomic mass is 16.5. The fraction of sp³-hybridized carbons (Fsp3) is 0.542. The lowest BCUT2D eigenvalue weighted by Crippen LogP contribution is -2.64. The van der Waals surface area contributed by atoms with Crippen LogP contribution >= 0.6 is 0 Å². The van der Waals surface area contributed by atoms with Crippen LogP contribution in [0.4, 0.5) is 5.69 Å². The van der Waals surface area contributed by atoms with Gasteiger partial charge in [-0.05, 0) is 38.3 Å². The molecular formula is C24H29N5O4. The summed E-state index contributed by atoms with van der Waals surface area (Å²) in [5, 5.41) is 7.32. The third kappa shape index (κ3) is 3.50. The summed E-state index contributed by atoms with van der Waals surface area (Å²) in [5.74, 6) is 0.394. The van der Waals surface area contributed by atoms with Gasteiger partial charge >= 0.3 is 0 Å². The standard InChI is InChI=1S/C24H29N5O4/c1-16-25-22(27-33-16)24(12-7-3-4-8-13-24)26-19(30)15-28-21(32)17-9-5-6-10-18(17)29-20(31)11-14-23(28,29)2/h5-6,9-10H,3-4,7-8,11-15H2,1-2H3,(H,26,30). The van der Waals surface area contributed by atoms with Crippen LogP contribution in [0.3, 0.4) is 0 Å². The monoisotopic (exact) mass is 451 g/mol. The fourth-order valence-electron chi connectivity index (χ4n) is 5.62. The van der Waals surface area contributed by atoms with Crippen LogP contribution < -0.4 is 10.2 Å². The summed E-state index contributed by atoms with van der Waals surface area (Å²) in [4.78, 5) is 47.4. The second-order valence-corrected chi connectivity index (χ2v) is 9.54. The number of fused-ring (bicyclic) bond motifs is 3. The SMILES string of the molecule is Cc1nc(C2(NC(=O)CN3C(=O)c4ccccc4N4C(=O)CCC34C)CCCCCC2)no1. The van der Waals surface area contributed by atoms with Gasteiger partial charge in [-0.1, -0.05) is 43.0 Å². The molecule has 1 atom stereocenters. The van der Waals surface area contributed by atoms with E-state index in [1.54, 1.807) is 34.9 Å². The smallest absolute Gasteiger partial charge is 0.258 e. The molecule has 5 rings (SSSR count). The Bertz CT molecular complexity index is 1100. The quantitative estimate of drug-likeness (QED) is 0.716. The van der Waals surface area contributed by atoms with E-state index >= 15 is 0 Å². The Morgan fingerprint density at radius 1 is 1.12 bits per heavy atom. The first kappa shape index (κ1) is 21.6. The summed E-state index contributed by atoms with van der Waals surface area (Å²) >= 11 is 0. The van der Waals surface area contributed by atoms with Crippen molar-refractivity contribution in [3.8, 4) is 0 Å². The minimum Gasteiger partial charge on any atom is -0.342 e. The second kappa shape index (κ2) is 7.97. The highest BCUT2D eigenvalue weighted by molar-refractivity contribution is 6.11. The molecule has 1 unspecified atom stereocenters. The zero-order chi connectivity index (χ0) is 23.2. The lowest BCUT2D eigenvalue weighted by Gasteiger charge is -2.48. The summed E-state index contributed by atoms with van der Waals surface area (Å²) < 4.78 is 5.23. The van der Waals surface area contributed by atoms with Crippen molar-refractivity contribution in [1.29, 1.82) is 0 Å². The normalized spacial score (nSPS) is 24.3. The van der Waals surface area contributed by atoms with Crippen LogP contribution in [0.25, 0.3) is 0 Å². The number of rotatable bonds is 4. The number of carbonyl (C=O) groups is 3. The number of nitrogens with zero attached hydrogens (tertiary/aromatic N) is 4. The molecule has 3 heterocycles. The number of hydrogen-bond donors (Lipinski definition) is 1. The first-order valence-corrected chi connectivity index (χ1v) is 11.7. The van der Waals surface area contributed by atoms with Gasteiger partial charge in [-0.15, -0.1) is 0 Å². The first-order chi connectivity index (χ1) is 15.8. The third-order valence-electron chi connectivity index (χ3n) is 7.34. The summed E-state index contributed by atoms with van der Waals surface area (Å²) in [6.07, 6.45) is 6.33. The van der Waals surface area contributed by atoms with Crippen LogP contribution in [-0.4, -0.2) is 45.0 Å². The fourth-order valence-corrected chi connectivity index (χ4v) is 5.62. The van der Waals surface area contributed by atoms with Gasteiger partial charge in [0, 0.05) is 13.3 Å². The number of nitrogens with one attached hydrogen (secondary N) is 1. The highest BCUT2D eigenvalue weighted by Crippen LogP contribution is 2.44. The van der Waals surface area contributed by atoms with E-state index < -0.39 is 11.2 Å². The van der Waals surface area contributed by atoms with E-state index in [2.05, 4.69) is 15.5 Å². The zero-order valence-electron chi connectivity index (χ0n) is 19.1. The van der Waals surface area contributed by atoms with Gasteiger partial charge in [0.05, 0.1) is 11.3 Å². The van der Waals surface area contributed by atoms with Gasteiger partial charge in [-0.3, -0.25) is 19.3 Å². The lowest BCUT2D eigenvalue weighted by molar-refractivity contribution is -0.126. The molecule has 9 heteroatoms. The number of anilines is 1. The largest absolute Gasteiger partial charge is 0.342 e. The van der Waals surface area contributed by atoms with E-state index in [1.807, 2.05) is 13.0 Å². The Kier molecular flexibility index (Phi) is 5.22. The molecule has 1 saturated heterocycles. The molecule has 33 heavy (non-hydrogen) atoms. The van der Waals surface area contributed by atoms with Crippen LogP contribution in [-0.2, 0) is 15.1 Å². The summed E-state index contributed by atoms with van der Waals surface area (Å²) in [6, 6.07) is 7.11. The van der Waals surface area contributed by atoms with Gasteiger partial charge in [-0.2, -0.15) is 4.98 Å². The topological polar surface area (TPSA) is 109 Å². The molecule has 1 saturated carbocycles. The van der Waals surface area contributed by atoms with Gasteiger partial charge < -0.3 is 14.7 Å². The predicted octanol–water partition coefficient (Wildman–Crippen LogP) is 3.04. The Hall–Kier alpha value is -3.23. The number of aryl methyl sites for hydroxylation is 1. The molecule has 2 fully saturated rings. The number of hydrogen-bond acceptors (Lipinski definition) is 6. The maximum atomic E-state index is 13.5. The van der Waals surface area contributed by atoms with E-state index in [1.165, 1.54) is 0 Å². The lowest BCUT2D eigenvalue weighted by atomic mass is 9.89. The molecule has 1 aliphatic carbocycles. The summed E-state index contributed by atoms with van der Waals surface area (Å²) in [7, 11) is 0. The van der Waals surface area contributed by atoms with Crippen molar-refractivity contribution in [2.24, 2.45) is 0 Å². The van der Waals surface area contributed by atoms with Crippen LogP contribution in [0.2, 0.25) is 0 Å². The number of amides is 3. The molecule has 3 aliphatic rings. The van der Waals surface area contributed by atoms with E-state index in [4.69, 9.17) is 4.52 Å². The average Bonchev–Trinajstić information content (AvgIpc) is 3.27. The van der Waals surface area contributed by atoms with Crippen molar-refractivity contribution in [3.05, 3.63) is 41.5 Å². The van der Waals surface area contributed by atoms with Gasteiger partial charge in [0.1, 0.15) is 17.7 Å². The van der Waals surface area contributed by atoms with Crippen molar-refractivity contribution in [1.82, 2.24) is 20.4 Å². The minimum atomic E-state index is -0.876. The first-order valence-electron chi connectivity index (χ1n) is 11.7. The van der Waals surface area contributed by atoms with Gasteiger partial charge in [0.15, 0.2) is 5.82 Å². The van der Waals surface area contributed by atoms with Gasteiger partial charge in [-0.25, -0.2) is 0 Å². The Morgan fingerprint density at radius 2 is 1.85 bits per heavy atom. The van der Waals surface area contributed by atoms with Crippen LogP contribution in [0.5, 0.6) is 0 Å². The predicted molar refractivity (Wildman–Crippen MR) is 119 cm³/mol. The van der Waals surface area contributed by atoms with Gasteiger partial charge in [0.25, 0.3) is 5.91 Å². The van der Waals surface area contributed by atoms with Crippen molar-refractivity contribution in [2.45, 2.75) is 76.4 Å². The summed E-state index contributed by atoms with van der Waals surface area (Å²) in [5.41, 5.74) is -0.532. The molecule has 0 bridgehead atoms. The van der Waals surface area contributed by atoms with E-state index in [0.717, 1.165) is 38.5 Å². The molecule has 0 spiro atoms. The highest BCUT2D eigenvalue weighted by Gasteiger charge is 2.53. The molecule has 0 radical (unpaired) electrons. The molecule has 1 aromatic heterocycles. The maximum absolute atomic E-state index is 13.5. The molecule has 1 N–H and O–H groups in total. The van der Waals surface area contributed by atoms with Crippen molar-refractivity contribution in [3.63, 3.8) is 0 Å². The van der Waals surface area contributed by atoms with E-state index in [0.29, 0.717) is 35.8 Å². The second-order valence-electron chi connectivity index (χ2n) is 9.54.